The van der Waals surface area contributed by atoms with E-state index in [1.165, 1.54) is 0 Å². The lowest BCUT2D eigenvalue weighted by Gasteiger charge is -2.31. The van der Waals surface area contributed by atoms with Gasteiger partial charge in [0.05, 0.1) is 13.2 Å². The second kappa shape index (κ2) is 12.6. The minimum absolute atomic E-state index is 0.0204. The molecule has 8 heteroatoms. The number of hydrogen-bond acceptors (Lipinski definition) is 5. The lowest BCUT2D eigenvalue weighted by Crippen LogP contribution is -2.43. The minimum atomic E-state index is -0.0291. The van der Waals surface area contributed by atoms with E-state index in [4.69, 9.17) is 4.74 Å². The molecule has 2 aliphatic heterocycles. The number of hydrogen-bond donors (Lipinski definition) is 2. The molecular weight excluding hydrogens is 408 g/mol. The number of nitrogens with zero attached hydrogens (tertiary/aromatic N) is 2. The van der Waals surface area contributed by atoms with Crippen LogP contribution in [0.5, 0.6) is 0 Å². The summed E-state index contributed by atoms with van der Waals surface area (Å²) in [6.45, 7) is 8.33. The van der Waals surface area contributed by atoms with Crippen molar-refractivity contribution >= 4 is 23.4 Å². The van der Waals surface area contributed by atoms with Crippen molar-refractivity contribution in [1.29, 1.82) is 0 Å². The van der Waals surface area contributed by atoms with Crippen molar-refractivity contribution in [3.8, 4) is 0 Å². The van der Waals surface area contributed by atoms with Crippen LogP contribution in [0.1, 0.15) is 49.4 Å². The summed E-state index contributed by atoms with van der Waals surface area (Å²) in [7, 11) is 0. The maximum absolute atomic E-state index is 12.8. The third kappa shape index (κ3) is 7.31. The normalized spacial score (nSPS) is 17.7. The van der Waals surface area contributed by atoms with E-state index in [9.17, 15) is 14.4 Å². The van der Waals surface area contributed by atoms with Crippen LogP contribution in [0.2, 0.25) is 0 Å². The van der Waals surface area contributed by atoms with E-state index in [1.54, 1.807) is 24.3 Å². The van der Waals surface area contributed by atoms with Gasteiger partial charge in [-0.15, -0.1) is 0 Å². The van der Waals surface area contributed by atoms with Crippen LogP contribution in [-0.2, 0) is 14.3 Å². The fourth-order valence-corrected chi connectivity index (χ4v) is 4.16. The first kappa shape index (κ1) is 24.2. The van der Waals surface area contributed by atoms with Crippen LogP contribution in [0.15, 0.2) is 24.3 Å². The van der Waals surface area contributed by atoms with Gasteiger partial charge in [0.2, 0.25) is 11.8 Å². The summed E-state index contributed by atoms with van der Waals surface area (Å²) in [5.41, 5.74) is 1.30. The molecule has 0 aromatic heterocycles. The third-order valence-electron chi connectivity index (χ3n) is 6.10. The first-order valence-electron chi connectivity index (χ1n) is 11.8. The summed E-state index contributed by atoms with van der Waals surface area (Å²) in [6.07, 6.45) is 3.60. The molecule has 0 spiro atoms. The molecule has 8 nitrogen and oxygen atoms in total. The summed E-state index contributed by atoms with van der Waals surface area (Å²) >= 11 is 0. The van der Waals surface area contributed by atoms with Gasteiger partial charge in [-0.05, 0) is 56.5 Å². The quantitative estimate of drug-likeness (QED) is 0.570. The Labute approximate surface area is 190 Å². The Kier molecular flexibility index (Phi) is 9.49. The first-order valence-corrected chi connectivity index (χ1v) is 11.8. The molecule has 0 bridgehead atoms. The van der Waals surface area contributed by atoms with Crippen molar-refractivity contribution in [2.24, 2.45) is 5.92 Å². The molecule has 0 radical (unpaired) electrons. The zero-order valence-corrected chi connectivity index (χ0v) is 19.1. The summed E-state index contributed by atoms with van der Waals surface area (Å²) in [4.78, 5) is 41.2. The molecular formula is C24H36N4O4. The largest absolute Gasteiger partial charge is 0.379 e. The second-order valence-corrected chi connectivity index (χ2v) is 8.54. The van der Waals surface area contributed by atoms with Crippen molar-refractivity contribution in [2.75, 3.05) is 57.8 Å². The molecule has 2 saturated heterocycles. The Balaban J connectivity index is 1.36. The molecule has 2 fully saturated rings. The summed E-state index contributed by atoms with van der Waals surface area (Å²) in [5.74, 6) is 0.0265. The van der Waals surface area contributed by atoms with Gasteiger partial charge in [0, 0.05) is 56.3 Å². The SMILES string of the molecule is CCCC(=O)Nc1ccc(C(=O)N2CCC(C(=O)NCCCN3CCOCC3)CC2)cc1. The molecule has 2 aliphatic rings. The topological polar surface area (TPSA) is 91.0 Å². The van der Waals surface area contributed by atoms with E-state index < -0.39 is 0 Å². The standard InChI is InChI=1S/C24H36N4O4/c1-2-4-22(29)26-21-7-5-20(6-8-21)24(31)28-13-9-19(10-14-28)23(30)25-11-3-12-27-15-17-32-18-16-27/h5-8,19H,2-4,9-18H2,1H3,(H,25,30)(H,26,29). The maximum atomic E-state index is 12.8. The van der Waals surface area contributed by atoms with Crippen LogP contribution >= 0.6 is 0 Å². The van der Waals surface area contributed by atoms with Crippen molar-refractivity contribution < 1.29 is 19.1 Å². The Morgan fingerprint density at radius 2 is 1.72 bits per heavy atom. The molecule has 0 atom stereocenters. The Bertz CT molecular complexity index is 754. The van der Waals surface area contributed by atoms with Gasteiger partial charge in [-0.3, -0.25) is 19.3 Å². The van der Waals surface area contributed by atoms with Crippen molar-refractivity contribution in [3.63, 3.8) is 0 Å². The third-order valence-corrected chi connectivity index (χ3v) is 6.10. The average Bonchev–Trinajstić information content (AvgIpc) is 2.82. The number of likely N-dealkylation sites (tertiary alicyclic amines) is 1. The predicted octanol–water partition coefficient (Wildman–Crippen LogP) is 2.12. The zero-order valence-electron chi connectivity index (χ0n) is 19.1. The smallest absolute Gasteiger partial charge is 0.253 e. The molecule has 3 amide bonds. The molecule has 0 saturated carbocycles. The van der Waals surface area contributed by atoms with E-state index >= 15 is 0 Å². The van der Waals surface area contributed by atoms with Crippen LogP contribution < -0.4 is 10.6 Å². The van der Waals surface area contributed by atoms with E-state index in [0.29, 0.717) is 50.1 Å². The van der Waals surface area contributed by atoms with E-state index in [1.807, 2.05) is 11.8 Å². The summed E-state index contributed by atoms with van der Waals surface area (Å²) in [5, 5.41) is 5.89. The summed E-state index contributed by atoms with van der Waals surface area (Å²) < 4.78 is 5.35. The number of morpholine rings is 1. The van der Waals surface area contributed by atoms with E-state index in [-0.39, 0.29) is 23.6 Å². The van der Waals surface area contributed by atoms with Gasteiger partial charge in [-0.25, -0.2) is 0 Å². The Hall–Kier alpha value is -2.45. The van der Waals surface area contributed by atoms with Crippen molar-refractivity contribution in [3.05, 3.63) is 29.8 Å². The molecule has 3 rings (SSSR count). The molecule has 2 heterocycles. The van der Waals surface area contributed by atoms with Crippen LogP contribution in [0.3, 0.4) is 0 Å². The Morgan fingerprint density at radius 3 is 2.38 bits per heavy atom. The minimum Gasteiger partial charge on any atom is -0.379 e. The molecule has 1 aromatic carbocycles. The second-order valence-electron chi connectivity index (χ2n) is 8.54. The molecule has 0 aliphatic carbocycles. The fraction of sp³-hybridized carbons (Fsp3) is 0.625. The maximum Gasteiger partial charge on any atom is 0.253 e. The lowest BCUT2D eigenvalue weighted by atomic mass is 9.95. The molecule has 0 unspecified atom stereocenters. The van der Waals surface area contributed by atoms with Gasteiger partial charge >= 0.3 is 0 Å². The highest BCUT2D eigenvalue weighted by atomic mass is 16.5. The van der Waals surface area contributed by atoms with Gasteiger partial charge in [0.15, 0.2) is 0 Å². The highest BCUT2D eigenvalue weighted by Crippen LogP contribution is 2.20. The van der Waals surface area contributed by atoms with Crippen molar-refractivity contribution in [2.45, 2.75) is 39.0 Å². The number of anilines is 1. The number of piperidine rings is 1. The fourth-order valence-electron chi connectivity index (χ4n) is 4.16. The van der Waals surface area contributed by atoms with Crippen LogP contribution in [0.25, 0.3) is 0 Å². The van der Waals surface area contributed by atoms with E-state index in [2.05, 4.69) is 15.5 Å². The van der Waals surface area contributed by atoms with Gasteiger partial charge in [0.1, 0.15) is 0 Å². The predicted molar refractivity (Wildman–Crippen MR) is 123 cm³/mol. The van der Waals surface area contributed by atoms with Crippen LogP contribution in [0, 0.1) is 5.92 Å². The number of amides is 3. The first-order chi connectivity index (χ1) is 15.6. The van der Waals surface area contributed by atoms with Crippen LogP contribution in [-0.4, -0.2) is 80.0 Å². The zero-order chi connectivity index (χ0) is 22.8. The monoisotopic (exact) mass is 444 g/mol. The number of nitrogens with one attached hydrogen (secondary N) is 2. The molecule has 1 aromatic rings. The van der Waals surface area contributed by atoms with Gasteiger partial charge in [0.25, 0.3) is 5.91 Å². The van der Waals surface area contributed by atoms with E-state index in [0.717, 1.165) is 45.7 Å². The Morgan fingerprint density at radius 1 is 1.03 bits per heavy atom. The number of rotatable bonds is 9. The number of carbonyl (C=O) groups excluding carboxylic acids is 3. The molecule has 32 heavy (non-hydrogen) atoms. The van der Waals surface area contributed by atoms with Gasteiger partial charge in [-0.1, -0.05) is 6.92 Å². The number of ether oxygens (including phenoxy) is 1. The van der Waals surface area contributed by atoms with Gasteiger partial charge < -0.3 is 20.3 Å². The number of benzene rings is 1. The van der Waals surface area contributed by atoms with Gasteiger partial charge in [-0.2, -0.15) is 0 Å². The molecule has 2 N–H and O–H groups in total. The highest BCUT2D eigenvalue weighted by Gasteiger charge is 2.27. The molecule has 176 valence electrons. The number of carbonyl (C=O) groups is 3. The van der Waals surface area contributed by atoms with Crippen molar-refractivity contribution in [1.82, 2.24) is 15.1 Å². The van der Waals surface area contributed by atoms with Crippen LogP contribution in [0.4, 0.5) is 5.69 Å². The average molecular weight is 445 g/mol. The highest BCUT2D eigenvalue weighted by molar-refractivity contribution is 5.96. The lowest BCUT2D eigenvalue weighted by molar-refractivity contribution is -0.126. The summed E-state index contributed by atoms with van der Waals surface area (Å²) in [6, 6.07) is 7.02.